The van der Waals surface area contributed by atoms with Crippen LogP contribution in [-0.2, 0) is 4.79 Å². The minimum absolute atomic E-state index is 0.0419. The second kappa shape index (κ2) is 6.11. The number of halogens is 1. The number of benzene rings is 1. The molecule has 0 saturated heterocycles. The van der Waals surface area contributed by atoms with Crippen LogP contribution in [0.4, 0.5) is 10.1 Å². The fraction of sp³-hybridized carbons (Fsp3) is 0.500. The average Bonchev–Trinajstić information content (AvgIpc) is 3.20. The number of rotatable bonds is 5. The van der Waals surface area contributed by atoms with Crippen LogP contribution in [0, 0.1) is 17.7 Å². The number of carbonyl (C=O) groups excluding carboxylic acids is 1. The largest absolute Gasteiger partial charge is 0.396 e. The van der Waals surface area contributed by atoms with E-state index in [1.807, 2.05) is 17.2 Å². The van der Waals surface area contributed by atoms with Crippen molar-refractivity contribution in [3.05, 3.63) is 41.9 Å². The fourth-order valence-corrected chi connectivity index (χ4v) is 3.29. The predicted molar refractivity (Wildman–Crippen MR) is 85.3 cm³/mol. The van der Waals surface area contributed by atoms with Gasteiger partial charge in [-0.1, -0.05) is 19.1 Å². The SMILES string of the molecule is CC1CC1CCC(c1ccc(F)c(N)c1)N1C=CCCC1=O. The number of nitrogens with two attached hydrogens (primary N) is 1. The van der Waals surface area contributed by atoms with Crippen molar-refractivity contribution in [1.29, 1.82) is 0 Å². The third kappa shape index (κ3) is 3.16. The Balaban J connectivity index is 1.83. The van der Waals surface area contributed by atoms with Crippen molar-refractivity contribution >= 4 is 11.6 Å². The van der Waals surface area contributed by atoms with Gasteiger partial charge in [0.1, 0.15) is 5.82 Å². The molecule has 1 saturated carbocycles. The molecule has 3 nitrogen and oxygen atoms in total. The number of nitrogen functional groups attached to an aromatic ring is 1. The topological polar surface area (TPSA) is 46.3 Å². The van der Waals surface area contributed by atoms with E-state index in [1.165, 1.54) is 12.5 Å². The van der Waals surface area contributed by atoms with Crippen LogP contribution in [0.15, 0.2) is 30.5 Å². The van der Waals surface area contributed by atoms with Crippen molar-refractivity contribution in [3.8, 4) is 0 Å². The summed E-state index contributed by atoms with van der Waals surface area (Å²) in [7, 11) is 0. The number of anilines is 1. The first-order chi connectivity index (χ1) is 10.6. The molecule has 1 aliphatic heterocycles. The van der Waals surface area contributed by atoms with Crippen LogP contribution < -0.4 is 5.73 Å². The highest BCUT2D eigenvalue weighted by molar-refractivity contribution is 5.79. The summed E-state index contributed by atoms with van der Waals surface area (Å²) in [5.41, 5.74) is 6.79. The molecule has 0 bridgehead atoms. The van der Waals surface area contributed by atoms with Crippen LogP contribution in [0.2, 0.25) is 0 Å². The number of nitrogens with zero attached hydrogens (tertiary/aromatic N) is 1. The molecule has 1 fully saturated rings. The van der Waals surface area contributed by atoms with Crippen LogP contribution in [-0.4, -0.2) is 10.8 Å². The zero-order valence-electron chi connectivity index (χ0n) is 13.0. The Morgan fingerprint density at radius 1 is 1.45 bits per heavy atom. The first-order valence-electron chi connectivity index (χ1n) is 8.09. The van der Waals surface area contributed by atoms with Gasteiger partial charge in [0.25, 0.3) is 0 Å². The smallest absolute Gasteiger partial charge is 0.227 e. The summed E-state index contributed by atoms with van der Waals surface area (Å²) in [6.07, 6.45) is 8.53. The van der Waals surface area contributed by atoms with Gasteiger partial charge >= 0.3 is 0 Å². The number of amides is 1. The van der Waals surface area contributed by atoms with Gasteiger partial charge < -0.3 is 10.6 Å². The summed E-state index contributed by atoms with van der Waals surface area (Å²) in [4.78, 5) is 14.1. The molecule has 1 heterocycles. The van der Waals surface area contributed by atoms with Gasteiger partial charge in [-0.3, -0.25) is 4.79 Å². The van der Waals surface area contributed by atoms with E-state index < -0.39 is 5.82 Å². The van der Waals surface area contributed by atoms with E-state index in [2.05, 4.69) is 6.92 Å². The molecule has 2 aliphatic rings. The molecule has 3 unspecified atom stereocenters. The molecule has 0 radical (unpaired) electrons. The Labute approximate surface area is 131 Å². The lowest BCUT2D eigenvalue weighted by molar-refractivity contribution is -0.131. The Morgan fingerprint density at radius 2 is 2.23 bits per heavy atom. The lowest BCUT2D eigenvalue weighted by Gasteiger charge is -2.31. The van der Waals surface area contributed by atoms with E-state index in [4.69, 9.17) is 5.73 Å². The molecule has 0 aromatic heterocycles. The first-order valence-corrected chi connectivity index (χ1v) is 8.09. The highest BCUT2D eigenvalue weighted by Gasteiger charge is 2.34. The molecule has 3 rings (SSSR count). The van der Waals surface area contributed by atoms with Crippen molar-refractivity contribution in [3.63, 3.8) is 0 Å². The maximum atomic E-state index is 13.4. The van der Waals surface area contributed by atoms with Gasteiger partial charge in [-0.15, -0.1) is 0 Å². The zero-order chi connectivity index (χ0) is 15.7. The van der Waals surface area contributed by atoms with Crippen LogP contribution >= 0.6 is 0 Å². The Kier molecular flexibility index (Phi) is 4.19. The molecule has 1 aromatic rings. The summed E-state index contributed by atoms with van der Waals surface area (Å²) in [6, 6.07) is 4.78. The molecule has 3 atom stereocenters. The Hall–Kier alpha value is -1.84. The van der Waals surface area contributed by atoms with Crippen LogP contribution in [0.5, 0.6) is 0 Å². The number of carbonyl (C=O) groups is 1. The first kappa shape index (κ1) is 15.1. The van der Waals surface area contributed by atoms with E-state index >= 15 is 0 Å². The van der Waals surface area contributed by atoms with E-state index in [0.29, 0.717) is 6.42 Å². The normalized spacial score (nSPS) is 25.4. The van der Waals surface area contributed by atoms with Crippen LogP contribution in [0.1, 0.15) is 50.6 Å². The number of allylic oxidation sites excluding steroid dienone is 1. The molecule has 0 spiro atoms. The molecule has 22 heavy (non-hydrogen) atoms. The molecule has 118 valence electrons. The Morgan fingerprint density at radius 3 is 2.86 bits per heavy atom. The second-order valence-corrected chi connectivity index (χ2v) is 6.57. The van der Waals surface area contributed by atoms with Crippen molar-refractivity contribution in [2.45, 2.75) is 45.1 Å². The van der Waals surface area contributed by atoms with E-state index in [0.717, 1.165) is 36.7 Å². The van der Waals surface area contributed by atoms with Crippen molar-refractivity contribution in [2.24, 2.45) is 11.8 Å². The second-order valence-electron chi connectivity index (χ2n) is 6.57. The highest BCUT2D eigenvalue weighted by atomic mass is 19.1. The molecular weight excluding hydrogens is 279 g/mol. The molecular formula is C18H23FN2O. The van der Waals surface area contributed by atoms with E-state index in [9.17, 15) is 9.18 Å². The third-order valence-electron chi connectivity index (χ3n) is 4.91. The summed E-state index contributed by atoms with van der Waals surface area (Å²) in [5, 5.41) is 0. The number of hydrogen-bond acceptors (Lipinski definition) is 2. The van der Waals surface area contributed by atoms with Gasteiger partial charge in [-0.05, 0) is 55.2 Å². The molecule has 1 aliphatic carbocycles. The summed E-state index contributed by atoms with van der Waals surface area (Å²) in [6.45, 7) is 2.27. The molecule has 1 aromatic carbocycles. The van der Waals surface area contributed by atoms with Crippen molar-refractivity contribution in [2.75, 3.05) is 5.73 Å². The quantitative estimate of drug-likeness (QED) is 0.835. The van der Waals surface area contributed by atoms with Gasteiger partial charge in [0.15, 0.2) is 0 Å². The zero-order valence-corrected chi connectivity index (χ0v) is 13.0. The molecule has 1 amide bonds. The lowest BCUT2D eigenvalue weighted by atomic mass is 9.96. The van der Waals surface area contributed by atoms with Gasteiger partial charge in [0.2, 0.25) is 5.91 Å². The summed E-state index contributed by atoms with van der Waals surface area (Å²) >= 11 is 0. The third-order valence-corrected chi connectivity index (χ3v) is 4.91. The van der Waals surface area contributed by atoms with Gasteiger partial charge in [-0.2, -0.15) is 0 Å². The van der Waals surface area contributed by atoms with Crippen LogP contribution in [0.25, 0.3) is 0 Å². The molecule has 2 N–H and O–H groups in total. The maximum Gasteiger partial charge on any atom is 0.227 e. The van der Waals surface area contributed by atoms with Crippen molar-refractivity contribution in [1.82, 2.24) is 4.90 Å². The standard InChI is InChI=1S/C18H23FN2O/c1-12-10-13(12)6-8-17(21-9-3-2-4-18(21)22)14-5-7-15(19)16(20)11-14/h3,5,7,9,11-13,17H,2,4,6,8,10,20H2,1H3. The molecule has 4 heteroatoms. The monoisotopic (exact) mass is 302 g/mol. The minimum Gasteiger partial charge on any atom is -0.396 e. The van der Waals surface area contributed by atoms with E-state index in [1.54, 1.807) is 12.1 Å². The summed E-state index contributed by atoms with van der Waals surface area (Å²) < 4.78 is 13.4. The maximum absolute atomic E-state index is 13.4. The van der Waals surface area contributed by atoms with Gasteiger partial charge in [0.05, 0.1) is 11.7 Å². The van der Waals surface area contributed by atoms with Crippen molar-refractivity contribution < 1.29 is 9.18 Å². The summed E-state index contributed by atoms with van der Waals surface area (Å²) in [5.74, 6) is 1.30. The lowest BCUT2D eigenvalue weighted by Crippen LogP contribution is -2.32. The van der Waals surface area contributed by atoms with Gasteiger partial charge in [0, 0.05) is 12.6 Å². The average molecular weight is 302 g/mol. The number of hydrogen-bond donors (Lipinski definition) is 1. The Bertz CT molecular complexity index is 599. The predicted octanol–water partition coefficient (Wildman–Crippen LogP) is 4.02. The van der Waals surface area contributed by atoms with Gasteiger partial charge in [-0.25, -0.2) is 4.39 Å². The van der Waals surface area contributed by atoms with Crippen LogP contribution in [0.3, 0.4) is 0 Å². The highest BCUT2D eigenvalue weighted by Crippen LogP contribution is 2.43. The fourth-order valence-electron chi connectivity index (χ4n) is 3.29. The van der Waals surface area contributed by atoms with E-state index in [-0.39, 0.29) is 17.6 Å². The minimum atomic E-state index is -0.404.